The fourth-order valence-corrected chi connectivity index (χ4v) is 4.60. The number of anilines is 1. The highest BCUT2D eigenvalue weighted by Crippen LogP contribution is 2.40. The van der Waals surface area contributed by atoms with Crippen LogP contribution in [-0.4, -0.2) is 41.5 Å². The lowest BCUT2D eigenvalue weighted by molar-refractivity contribution is 0.0677. The molecule has 3 aromatic rings. The Morgan fingerprint density at radius 3 is 2.64 bits per heavy atom. The van der Waals surface area contributed by atoms with Gasteiger partial charge in [-0.1, -0.05) is 35.9 Å². The van der Waals surface area contributed by atoms with Gasteiger partial charge in [0, 0.05) is 42.3 Å². The number of rotatable bonds is 5. The SMILES string of the molecule is Cc1ccc(NC(=O)NCC2CCCN(C(=O)c3cc(C4CC4)nc4ccccc34)C2)cc1. The number of fused-ring (bicyclic) bond motifs is 1. The van der Waals surface area contributed by atoms with Crippen molar-refractivity contribution in [3.63, 3.8) is 0 Å². The van der Waals surface area contributed by atoms with Crippen LogP contribution in [0.4, 0.5) is 10.5 Å². The van der Waals surface area contributed by atoms with Gasteiger partial charge in [-0.3, -0.25) is 9.78 Å². The van der Waals surface area contributed by atoms with E-state index in [9.17, 15) is 9.59 Å². The van der Waals surface area contributed by atoms with Crippen molar-refractivity contribution in [3.8, 4) is 0 Å². The summed E-state index contributed by atoms with van der Waals surface area (Å²) in [6.45, 7) is 3.97. The van der Waals surface area contributed by atoms with Gasteiger partial charge in [0.15, 0.2) is 0 Å². The summed E-state index contributed by atoms with van der Waals surface area (Å²) in [5, 5.41) is 6.77. The number of benzene rings is 2. The molecule has 2 N–H and O–H groups in total. The fourth-order valence-electron chi connectivity index (χ4n) is 4.60. The summed E-state index contributed by atoms with van der Waals surface area (Å²) < 4.78 is 0. The molecule has 6 nitrogen and oxygen atoms in total. The number of hydrogen-bond donors (Lipinski definition) is 2. The monoisotopic (exact) mass is 442 g/mol. The minimum absolute atomic E-state index is 0.0734. The number of hydrogen-bond acceptors (Lipinski definition) is 3. The van der Waals surface area contributed by atoms with Crippen molar-refractivity contribution >= 4 is 28.5 Å². The minimum Gasteiger partial charge on any atom is -0.338 e. The molecular weight excluding hydrogens is 412 g/mol. The van der Waals surface area contributed by atoms with Crippen LogP contribution in [0.15, 0.2) is 54.6 Å². The molecule has 1 aliphatic heterocycles. The Labute approximate surface area is 194 Å². The van der Waals surface area contributed by atoms with E-state index < -0.39 is 0 Å². The molecular formula is C27H30N4O2. The Hall–Kier alpha value is -3.41. The number of para-hydroxylation sites is 1. The molecule has 1 aromatic heterocycles. The van der Waals surface area contributed by atoms with Crippen molar-refractivity contribution in [2.75, 3.05) is 25.0 Å². The molecule has 0 radical (unpaired) electrons. The van der Waals surface area contributed by atoms with Gasteiger partial charge in [-0.25, -0.2) is 4.79 Å². The first-order valence-electron chi connectivity index (χ1n) is 11.9. The fraction of sp³-hybridized carbons (Fsp3) is 0.370. The summed E-state index contributed by atoms with van der Waals surface area (Å²) >= 11 is 0. The zero-order valence-electron chi connectivity index (χ0n) is 19.0. The number of nitrogens with one attached hydrogen (secondary N) is 2. The molecule has 2 fully saturated rings. The zero-order chi connectivity index (χ0) is 22.8. The maximum atomic E-state index is 13.6. The highest BCUT2D eigenvalue weighted by molar-refractivity contribution is 6.06. The smallest absolute Gasteiger partial charge is 0.319 e. The summed E-state index contributed by atoms with van der Waals surface area (Å²) in [6.07, 6.45) is 4.25. The predicted molar refractivity (Wildman–Crippen MR) is 131 cm³/mol. The lowest BCUT2D eigenvalue weighted by Gasteiger charge is -2.33. The second-order valence-corrected chi connectivity index (χ2v) is 9.35. The molecule has 2 aromatic carbocycles. The number of urea groups is 1. The standard InChI is InChI=1S/C27H30N4O2/c1-18-8-12-21(13-9-18)29-27(33)28-16-19-5-4-14-31(17-19)26(32)23-15-25(20-10-11-20)30-24-7-3-2-6-22(23)24/h2-3,6-9,12-13,15,19-20H,4-5,10-11,14,16-17H2,1H3,(H2,28,29,33). The first-order valence-corrected chi connectivity index (χ1v) is 11.9. The number of aromatic nitrogens is 1. The van der Waals surface area contributed by atoms with Gasteiger partial charge >= 0.3 is 6.03 Å². The van der Waals surface area contributed by atoms with Gasteiger partial charge in [-0.2, -0.15) is 0 Å². The lowest BCUT2D eigenvalue weighted by atomic mass is 9.96. The summed E-state index contributed by atoms with van der Waals surface area (Å²) in [4.78, 5) is 32.6. The summed E-state index contributed by atoms with van der Waals surface area (Å²) in [5.41, 5.74) is 4.62. The van der Waals surface area contributed by atoms with E-state index in [2.05, 4.69) is 10.6 Å². The molecule has 6 heteroatoms. The average molecular weight is 443 g/mol. The maximum Gasteiger partial charge on any atom is 0.319 e. The van der Waals surface area contributed by atoms with Gasteiger partial charge in [0.2, 0.25) is 0 Å². The van der Waals surface area contributed by atoms with Crippen LogP contribution in [0.2, 0.25) is 0 Å². The molecule has 170 valence electrons. The van der Waals surface area contributed by atoms with Gasteiger partial charge in [0.25, 0.3) is 5.91 Å². The van der Waals surface area contributed by atoms with E-state index in [1.807, 2.05) is 66.4 Å². The van der Waals surface area contributed by atoms with Crippen molar-refractivity contribution in [1.82, 2.24) is 15.2 Å². The number of aryl methyl sites for hydroxylation is 1. The topological polar surface area (TPSA) is 74.3 Å². The summed E-state index contributed by atoms with van der Waals surface area (Å²) in [5.74, 6) is 0.804. The van der Waals surface area contributed by atoms with E-state index in [4.69, 9.17) is 4.98 Å². The van der Waals surface area contributed by atoms with Gasteiger partial charge < -0.3 is 15.5 Å². The van der Waals surface area contributed by atoms with E-state index in [0.29, 0.717) is 19.0 Å². The predicted octanol–water partition coefficient (Wildman–Crippen LogP) is 5.09. The van der Waals surface area contributed by atoms with Crippen molar-refractivity contribution in [2.45, 2.75) is 38.5 Å². The van der Waals surface area contributed by atoms with Crippen LogP contribution in [0.25, 0.3) is 10.9 Å². The second-order valence-electron chi connectivity index (χ2n) is 9.35. The first kappa shape index (κ1) is 21.4. The highest BCUT2D eigenvalue weighted by atomic mass is 16.2. The zero-order valence-corrected chi connectivity index (χ0v) is 19.0. The van der Waals surface area contributed by atoms with Crippen LogP contribution in [0.1, 0.15) is 53.2 Å². The maximum absolute atomic E-state index is 13.6. The van der Waals surface area contributed by atoms with Crippen LogP contribution in [0, 0.1) is 12.8 Å². The van der Waals surface area contributed by atoms with Crippen LogP contribution >= 0.6 is 0 Å². The molecule has 33 heavy (non-hydrogen) atoms. The molecule has 5 rings (SSSR count). The van der Waals surface area contributed by atoms with Gasteiger partial charge in [0.1, 0.15) is 0 Å². The Bertz CT molecular complexity index is 1170. The van der Waals surface area contributed by atoms with Crippen molar-refractivity contribution in [3.05, 3.63) is 71.4 Å². The Morgan fingerprint density at radius 2 is 1.85 bits per heavy atom. The number of piperidine rings is 1. The number of carbonyl (C=O) groups excluding carboxylic acids is 2. The van der Waals surface area contributed by atoms with Gasteiger partial charge in [0.05, 0.1) is 11.1 Å². The Kier molecular flexibility index (Phi) is 5.99. The van der Waals surface area contributed by atoms with Crippen LogP contribution in [0.3, 0.4) is 0 Å². The number of carbonyl (C=O) groups is 2. The summed E-state index contributed by atoms with van der Waals surface area (Å²) in [7, 11) is 0. The number of nitrogens with zero attached hydrogens (tertiary/aromatic N) is 2. The minimum atomic E-state index is -0.212. The molecule has 1 saturated heterocycles. The molecule has 0 bridgehead atoms. The van der Waals surface area contributed by atoms with Crippen LogP contribution in [-0.2, 0) is 0 Å². The molecule has 1 atom stereocenters. The lowest BCUT2D eigenvalue weighted by Crippen LogP contribution is -2.44. The third-order valence-corrected chi connectivity index (χ3v) is 6.63. The molecule has 3 amide bonds. The molecule has 1 unspecified atom stereocenters. The number of amides is 3. The highest BCUT2D eigenvalue weighted by Gasteiger charge is 2.29. The average Bonchev–Trinajstić information content (AvgIpc) is 3.69. The Balaban J connectivity index is 1.24. The first-order chi connectivity index (χ1) is 16.1. The number of likely N-dealkylation sites (tertiary alicyclic amines) is 1. The van der Waals surface area contributed by atoms with E-state index in [1.54, 1.807) is 0 Å². The second kappa shape index (κ2) is 9.22. The molecule has 2 aliphatic rings. The number of pyridine rings is 1. The quantitative estimate of drug-likeness (QED) is 0.578. The van der Waals surface area contributed by atoms with E-state index in [1.165, 1.54) is 0 Å². The van der Waals surface area contributed by atoms with Gasteiger partial charge in [-0.15, -0.1) is 0 Å². The molecule has 2 heterocycles. The third-order valence-electron chi connectivity index (χ3n) is 6.63. The molecule has 0 spiro atoms. The largest absolute Gasteiger partial charge is 0.338 e. The van der Waals surface area contributed by atoms with E-state index in [-0.39, 0.29) is 17.9 Å². The third kappa shape index (κ3) is 5.00. The van der Waals surface area contributed by atoms with Crippen LogP contribution < -0.4 is 10.6 Å². The van der Waals surface area contributed by atoms with E-state index >= 15 is 0 Å². The van der Waals surface area contributed by atoms with Crippen molar-refractivity contribution in [2.24, 2.45) is 5.92 Å². The van der Waals surface area contributed by atoms with E-state index in [0.717, 1.165) is 65.6 Å². The van der Waals surface area contributed by atoms with Crippen molar-refractivity contribution < 1.29 is 9.59 Å². The van der Waals surface area contributed by atoms with Gasteiger partial charge in [-0.05, 0) is 62.8 Å². The van der Waals surface area contributed by atoms with Crippen molar-refractivity contribution in [1.29, 1.82) is 0 Å². The normalized spacial score (nSPS) is 18.2. The summed E-state index contributed by atoms with van der Waals surface area (Å²) in [6, 6.07) is 17.5. The Morgan fingerprint density at radius 1 is 1.06 bits per heavy atom. The molecule has 1 aliphatic carbocycles. The molecule has 1 saturated carbocycles. The van der Waals surface area contributed by atoms with Crippen LogP contribution in [0.5, 0.6) is 0 Å².